The van der Waals surface area contributed by atoms with E-state index in [1.165, 1.54) is 0 Å². The maximum Gasteiger partial charge on any atom is 0.308 e. The molecule has 5 nitrogen and oxygen atoms in total. The highest BCUT2D eigenvalue weighted by molar-refractivity contribution is 5.72. The lowest BCUT2D eigenvalue weighted by atomic mass is 9.75. The summed E-state index contributed by atoms with van der Waals surface area (Å²) >= 11 is 0. The maximum atomic E-state index is 12.3. The van der Waals surface area contributed by atoms with Crippen molar-refractivity contribution < 1.29 is 23.8 Å². The molecule has 1 saturated heterocycles. The minimum atomic E-state index is -0.416. The Labute approximate surface area is 170 Å². The SMILES string of the molecule is C=C([C@H](C[C@H]1OC1(C)C)OC(=O)C(C)C)[C@@H]1CC[C@@H](C)C[C@H]1OC(=O)C(C)C. The van der Waals surface area contributed by atoms with Crippen LogP contribution in [0.2, 0.25) is 0 Å². The molecule has 2 fully saturated rings. The molecule has 0 bridgehead atoms. The number of ether oxygens (including phenoxy) is 3. The predicted octanol–water partition coefficient (Wildman–Crippen LogP) is 4.68. The highest BCUT2D eigenvalue weighted by Gasteiger charge is 2.50. The van der Waals surface area contributed by atoms with Crippen LogP contribution in [-0.2, 0) is 23.8 Å². The van der Waals surface area contributed by atoms with Gasteiger partial charge in [0.2, 0.25) is 0 Å². The molecule has 0 aromatic heterocycles. The first-order valence-electron chi connectivity index (χ1n) is 10.7. The van der Waals surface area contributed by atoms with Crippen molar-refractivity contribution in [3.8, 4) is 0 Å². The first-order valence-corrected chi connectivity index (χ1v) is 10.7. The number of esters is 2. The summed E-state index contributed by atoms with van der Waals surface area (Å²) in [5.41, 5.74) is 0.668. The van der Waals surface area contributed by atoms with Crippen molar-refractivity contribution in [1.82, 2.24) is 0 Å². The third kappa shape index (κ3) is 5.82. The van der Waals surface area contributed by atoms with Crippen molar-refractivity contribution in [2.75, 3.05) is 0 Å². The van der Waals surface area contributed by atoms with E-state index in [1.807, 2.05) is 41.5 Å². The fourth-order valence-corrected chi connectivity index (χ4v) is 3.82. The fraction of sp³-hybridized carbons (Fsp3) is 0.826. The molecular weight excluding hydrogens is 356 g/mol. The average Bonchev–Trinajstić information content (AvgIpc) is 3.19. The van der Waals surface area contributed by atoms with Gasteiger partial charge in [0.1, 0.15) is 12.2 Å². The van der Waals surface area contributed by atoms with Crippen LogP contribution in [0, 0.1) is 23.7 Å². The van der Waals surface area contributed by atoms with E-state index in [0.29, 0.717) is 12.3 Å². The quantitative estimate of drug-likeness (QED) is 0.340. The standard InChI is InChI=1S/C23H38O5/c1-13(2)21(24)26-18(12-20-23(7,8)28-20)16(6)17-10-9-15(5)11-19(17)27-22(25)14(3)4/h13-15,17-20H,6,9-12H2,1-5,7-8H3/t15-,17+,18+,19-,20-/m1/s1. The molecule has 0 amide bonds. The molecule has 0 aromatic carbocycles. The van der Waals surface area contributed by atoms with Gasteiger partial charge in [-0.05, 0) is 44.6 Å². The smallest absolute Gasteiger partial charge is 0.308 e. The second kappa shape index (κ2) is 8.98. The number of rotatable bonds is 8. The van der Waals surface area contributed by atoms with Gasteiger partial charge in [0.05, 0.1) is 23.5 Å². The summed E-state index contributed by atoms with van der Waals surface area (Å²) in [5, 5.41) is 0. The molecule has 0 unspecified atom stereocenters. The molecule has 0 spiro atoms. The van der Waals surface area contributed by atoms with E-state index in [1.54, 1.807) is 0 Å². The van der Waals surface area contributed by atoms with Crippen LogP contribution in [0.1, 0.15) is 74.1 Å². The largest absolute Gasteiger partial charge is 0.462 e. The summed E-state index contributed by atoms with van der Waals surface area (Å²) in [4.78, 5) is 24.6. The van der Waals surface area contributed by atoms with Crippen LogP contribution < -0.4 is 0 Å². The van der Waals surface area contributed by atoms with Crippen molar-refractivity contribution >= 4 is 11.9 Å². The second-order valence-electron chi connectivity index (χ2n) is 9.76. The van der Waals surface area contributed by atoms with Gasteiger partial charge in [0, 0.05) is 12.3 Å². The van der Waals surface area contributed by atoms with E-state index in [0.717, 1.165) is 24.8 Å². The van der Waals surface area contributed by atoms with Crippen LogP contribution in [0.25, 0.3) is 0 Å². The summed E-state index contributed by atoms with van der Waals surface area (Å²) in [6.45, 7) is 17.9. The summed E-state index contributed by atoms with van der Waals surface area (Å²) in [7, 11) is 0. The van der Waals surface area contributed by atoms with Crippen molar-refractivity contribution in [3.63, 3.8) is 0 Å². The van der Waals surface area contributed by atoms with Crippen molar-refractivity contribution in [1.29, 1.82) is 0 Å². The molecule has 5 heteroatoms. The highest BCUT2D eigenvalue weighted by Crippen LogP contribution is 2.43. The summed E-state index contributed by atoms with van der Waals surface area (Å²) in [6, 6.07) is 0. The van der Waals surface area contributed by atoms with Crippen LogP contribution in [-0.4, -0.2) is 35.9 Å². The van der Waals surface area contributed by atoms with Crippen molar-refractivity contribution in [2.45, 2.75) is 98.1 Å². The van der Waals surface area contributed by atoms with Gasteiger partial charge in [-0.1, -0.05) is 41.2 Å². The van der Waals surface area contributed by atoms with Crippen LogP contribution in [0.5, 0.6) is 0 Å². The lowest BCUT2D eigenvalue weighted by molar-refractivity contribution is -0.159. The molecular formula is C23H38O5. The van der Waals surface area contributed by atoms with Crippen LogP contribution >= 0.6 is 0 Å². The van der Waals surface area contributed by atoms with E-state index >= 15 is 0 Å². The van der Waals surface area contributed by atoms with Crippen LogP contribution in [0.3, 0.4) is 0 Å². The molecule has 0 N–H and O–H groups in total. The monoisotopic (exact) mass is 394 g/mol. The second-order valence-corrected chi connectivity index (χ2v) is 9.76. The Morgan fingerprint density at radius 1 is 1.11 bits per heavy atom. The van der Waals surface area contributed by atoms with Crippen LogP contribution in [0.4, 0.5) is 0 Å². The fourth-order valence-electron chi connectivity index (χ4n) is 3.82. The van der Waals surface area contributed by atoms with Gasteiger partial charge >= 0.3 is 11.9 Å². The summed E-state index contributed by atoms with van der Waals surface area (Å²) < 4.78 is 17.4. The lowest BCUT2D eigenvalue weighted by Gasteiger charge is -2.38. The minimum absolute atomic E-state index is 0.00530. The number of carbonyl (C=O) groups excluding carboxylic acids is 2. The molecule has 5 atom stereocenters. The van der Waals surface area contributed by atoms with E-state index < -0.39 is 6.10 Å². The Bertz CT molecular complexity index is 592. The molecule has 28 heavy (non-hydrogen) atoms. The van der Waals surface area contributed by atoms with Crippen molar-refractivity contribution in [3.05, 3.63) is 12.2 Å². The first kappa shape index (κ1) is 22.9. The molecule has 1 saturated carbocycles. The van der Waals surface area contributed by atoms with E-state index in [-0.39, 0.29) is 47.5 Å². The van der Waals surface area contributed by atoms with Gasteiger partial charge in [-0.25, -0.2) is 0 Å². The molecule has 0 aromatic rings. The molecule has 2 rings (SSSR count). The summed E-state index contributed by atoms with van der Waals surface area (Å²) in [6.07, 6.45) is 2.78. The zero-order valence-electron chi connectivity index (χ0n) is 18.6. The number of hydrogen-bond acceptors (Lipinski definition) is 5. The summed E-state index contributed by atoms with van der Waals surface area (Å²) in [5.74, 6) is -0.281. The maximum absolute atomic E-state index is 12.3. The molecule has 0 radical (unpaired) electrons. The molecule has 160 valence electrons. The topological polar surface area (TPSA) is 65.1 Å². The van der Waals surface area contributed by atoms with Gasteiger partial charge in [0.25, 0.3) is 0 Å². The normalized spacial score (nSPS) is 30.0. The Morgan fingerprint density at radius 2 is 1.68 bits per heavy atom. The lowest BCUT2D eigenvalue weighted by Crippen LogP contribution is -2.39. The third-order valence-electron chi connectivity index (χ3n) is 6.00. The number of epoxide rings is 1. The van der Waals surface area contributed by atoms with Crippen molar-refractivity contribution in [2.24, 2.45) is 23.7 Å². The third-order valence-corrected chi connectivity index (χ3v) is 6.00. The average molecular weight is 395 g/mol. The first-order chi connectivity index (χ1) is 12.9. The number of hydrogen-bond donors (Lipinski definition) is 0. The van der Waals surface area contributed by atoms with Gasteiger partial charge in [0.15, 0.2) is 0 Å². The predicted molar refractivity (Wildman–Crippen MR) is 109 cm³/mol. The number of carbonyl (C=O) groups is 2. The highest BCUT2D eigenvalue weighted by atomic mass is 16.6. The Morgan fingerprint density at radius 3 is 2.18 bits per heavy atom. The minimum Gasteiger partial charge on any atom is -0.462 e. The Balaban J connectivity index is 2.16. The molecule has 1 heterocycles. The van der Waals surface area contributed by atoms with Gasteiger partial charge in [-0.2, -0.15) is 0 Å². The zero-order valence-corrected chi connectivity index (χ0v) is 18.6. The molecule has 2 aliphatic rings. The zero-order chi connectivity index (χ0) is 21.2. The van der Waals surface area contributed by atoms with E-state index in [2.05, 4.69) is 13.5 Å². The van der Waals surface area contributed by atoms with E-state index in [4.69, 9.17) is 14.2 Å². The molecule has 1 aliphatic carbocycles. The van der Waals surface area contributed by atoms with Crippen LogP contribution in [0.15, 0.2) is 12.2 Å². The Kier molecular flexibility index (Phi) is 7.35. The molecule has 1 aliphatic heterocycles. The van der Waals surface area contributed by atoms with Gasteiger partial charge in [-0.15, -0.1) is 0 Å². The Hall–Kier alpha value is -1.36. The van der Waals surface area contributed by atoms with Gasteiger partial charge < -0.3 is 14.2 Å². The van der Waals surface area contributed by atoms with Gasteiger partial charge in [-0.3, -0.25) is 9.59 Å². The van der Waals surface area contributed by atoms with E-state index in [9.17, 15) is 9.59 Å².